The second kappa shape index (κ2) is 8.18. The molecule has 0 spiro atoms. The highest BCUT2D eigenvalue weighted by Crippen LogP contribution is 2.17. The predicted octanol–water partition coefficient (Wildman–Crippen LogP) is 1.35. The molecule has 0 saturated heterocycles. The lowest BCUT2D eigenvalue weighted by Crippen LogP contribution is -2.56. The molecule has 8 heteroatoms. The van der Waals surface area contributed by atoms with Crippen LogP contribution in [0.15, 0.2) is 36.8 Å². The smallest absolute Gasteiger partial charge is 0.329 e. The number of imidazole rings is 1. The van der Waals surface area contributed by atoms with E-state index < -0.39 is 17.5 Å². The molecule has 0 saturated carbocycles. The molecule has 0 unspecified atom stereocenters. The quantitative estimate of drug-likeness (QED) is 0.576. The second-order valence-electron chi connectivity index (χ2n) is 5.87. The van der Waals surface area contributed by atoms with Crippen LogP contribution in [0.3, 0.4) is 0 Å². The number of carboxylic acid groups (broad SMARTS) is 1. The molecule has 2 amide bonds. The van der Waals surface area contributed by atoms with E-state index in [-0.39, 0.29) is 6.42 Å². The summed E-state index contributed by atoms with van der Waals surface area (Å²) >= 11 is 0. The van der Waals surface area contributed by atoms with Crippen molar-refractivity contribution >= 4 is 12.0 Å². The third-order valence-corrected chi connectivity index (χ3v) is 3.81. The van der Waals surface area contributed by atoms with E-state index >= 15 is 0 Å². The number of urea groups is 1. The Labute approximate surface area is 145 Å². The van der Waals surface area contributed by atoms with Crippen molar-refractivity contribution in [2.45, 2.75) is 25.3 Å². The molecule has 1 aromatic heterocycles. The standard InChI is InChI=1S/C17H22N4O4/c1-17(15(22)23,9-12-3-5-14(25-2)6-4-12)21-16(24)19-8-7-13-10-18-11-20-13/h3-6,10-11H,7-9H2,1-2H3,(H,18,20)(H,22,23)(H2,19,21,24)/t17-/m0/s1. The zero-order chi connectivity index (χ0) is 18.3. The van der Waals surface area contributed by atoms with Gasteiger partial charge >= 0.3 is 12.0 Å². The summed E-state index contributed by atoms with van der Waals surface area (Å²) in [6, 6.07) is 6.53. The fourth-order valence-corrected chi connectivity index (χ4v) is 2.35. The number of amides is 2. The van der Waals surface area contributed by atoms with Crippen molar-refractivity contribution in [3.63, 3.8) is 0 Å². The Morgan fingerprint density at radius 2 is 2.04 bits per heavy atom. The van der Waals surface area contributed by atoms with Gasteiger partial charge in [-0.15, -0.1) is 0 Å². The van der Waals surface area contributed by atoms with E-state index in [1.54, 1.807) is 43.9 Å². The minimum atomic E-state index is -1.42. The predicted molar refractivity (Wildman–Crippen MR) is 91.6 cm³/mol. The van der Waals surface area contributed by atoms with Crippen LogP contribution in [0.25, 0.3) is 0 Å². The van der Waals surface area contributed by atoms with Crippen molar-refractivity contribution in [1.82, 2.24) is 20.6 Å². The molecular formula is C17H22N4O4. The van der Waals surface area contributed by atoms with Gasteiger partial charge in [-0.05, 0) is 24.6 Å². The number of carboxylic acids is 1. The highest BCUT2D eigenvalue weighted by atomic mass is 16.5. The lowest BCUT2D eigenvalue weighted by atomic mass is 9.93. The van der Waals surface area contributed by atoms with E-state index in [0.29, 0.717) is 18.7 Å². The van der Waals surface area contributed by atoms with E-state index in [9.17, 15) is 14.7 Å². The van der Waals surface area contributed by atoms with Gasteiger partial charge in [0.15, 0.2) is 0 Å². The average Bonchev–Trinajstić information content (AvgIpc) is 3.08. The minimum absolute atomic E-state index is 0.153. The van der Waals surface area contributed by atoms with Crippen LogP contribution in [-0.2, 0) is 17.6 Å². The van der Waals surface area contributed by atoms with Crippen LogP contribution >= 0.6 is 0 Å². The molecule has 0 aliphatic carbocycles. The SMILES string of the molecule is COc1ccc(C[C@](C)(NC(=O)NCCc2cnc[nH]2)C(=O)O)cc1. The number of rotatable bonds is 8. The monoisotopic (exact) mass is 346 g/mol. The Kier molecular flexibility index (Phi) is 5.99. The first-order valence-electron chi connectivity index (χ1n) is 7.82. The van der Waals surface area contributed by atoms with Crippen molar-refractivity contribution in [3.05, 3.63) is 48.0 Å². The Balaban J connectivity index is 1.92. The van der Waals surface area contributed by atoms with Gasteiger partial charge in [0.1, 0.15) is 11.3 Å². The Morgan fingerprint density at radius 1 is 1.32 bits per heavy atom. The number of ether oxygens (including phenoxy) is 1. The number of methoxy groups -OCH3 is 1. The van der Waals surface area contributed by atoms with Crippen molar-refractivity contribution < 1.29 is 19.4 Å². The number of H-pyrrole nitrogens is 1. The minimum Gasteiger partial charge on any atom is -0.497 e. The number of aromatic nitrogens is 2. The maximum atomic E-state index is 12.1. The van der Waals surface area contributed by atoms with Crippen LogP contribution < -0.4 is 15.4 Å². The Bertz CT molecular complexity index is 700. The fourth-order valence-electron chi connectivity index (χ4n) is 2.35. The number of nitrogens with zero attached hydrogens (tertiary/aromatic N) is 1. The molecule has 0 radical (unpaired) electrons. The number of nitrogens with one attached hydrogen (secondary N) is 3. The molecular weight excluding hydrogens is 324 g/mol. The molecule has 1 heterocycles. The van der Waals surface area contributed by atoms with Gasteiger partial charge in [-0.2, -0.15) is 0 Å². The maximum absolute atomic E-state index is 12.1. The highest BCUT2D eigenvalue weighted by molar-refractivity contribution is 5.86. The number of hydrogen-bond donors (Lipinski definition) is 4. The number of aromatic amines is 1. The van der Waals surface area contributed by atoms with Gasteiger partial charge in [0, 0.05) is 31.3 Å². The van der Waals surface area contributed by atoms with Gasteiger partial charge in [0.25, 0.3) is 0 Å². The first-order chi connectivity index (χ1) is 11.9. The van der Waals surface area contributed by atoms with E-state index in [4.69, 9.17) is 4.74 Å². The first kappa shape index (κ1) is 18.3. The number of aliphatic carboxylic acids is 1. The molecule has 1 atom stereocenters. The van der Waals surface area contributed by atoms with Crippen molar-refractivity contribution in [2.75, 3.05) is 13.7 Å². The third kappa shape index (κ3) is 5.23. The molecule has 8 nitrogen and oxygen atoms in total. The number of carbonyl (C=O) groups excluding carboxylic acids is 1. The molecule has 0 fully saturated rings. The molecule has 0 aliphatic rings. The average molecular weight is 346 g/mol. The van der Waals surface area contributed by atoms with Crippen LogP contribution in [0.2, 0.25) is 0 Å². The van der Waals surface area contributed by atoms with Crippen molar-refractivity contribution in [1.29, 1.82) is 0 Å². The van der Waals surface area contributed by atoms with Gasteiger partial charge in [-0.25, -0.2) is 14.6 Å². The van der Waals surface area contributed by atoms with Gasteiger partial charge in [-0.3, -0.25) is 0 Å². The van der Waals surface area contributed by atoms with Crippen LogP contribution in [0.4, 0.5) is 4.79 Å². The summed E-state index contributed by atoms with van der Waals surface area (Å²) in [5.74, 6) is -0.419. The van der Waals surface area contributed by atoms with E-state index in [1.165, 1.54) is 6.92 Å². The molecule has 2 aromatic rings. The van der Waals surface area contributed by atoms with Gasteiger partial charge in [0.05, 0.1) is 13.4 Å². The first-order valence-corrected chi connectivity index (χ1v) is 7.82. The van der Waals surface area contributed by atoms with Crippen molar-refractivity contribution in [3.8, 4) is 5.75 Å². The van der Waals surface area contributed by atoms with Crippen LogP contribution in [0, 0.1) is 0 Å². The highest BCUT2D eigenvalue weighted by Gasteiger charge is 2.35. The zero-order valence-corrected chi connectivity index (χ0v) is 14.2. The molecule has 1 aromatic carbocycles. The Morgan fingerprint density at radius 3 is 2.60 bits per heavy atom. The molecule has 4 N–H and O–H groups in total. The van der Waals surface area contributed by atoms with E-state index in [1.807, 2.05) is 0 Å². The molecule has 0 bridgehead atoms. The largest absolute Gasteiger partial charge is 0.497 e. The van der Waals surface area contributed by atoms with E-state index in [2.05, 4.69) is 20.6 Å². The van der Waals surface area contributed by atoms with Gasteiger partial charge in [0.2, 0.25) is 0 Å². The lowest BCUT2D eigenvalue weighted by molar-refractivity contribution is -0.143. The molecule has 25 heavy (non-hydrogen) atoms. The summed E-state index contributed by atoms with van der Waals surface area (Å²) in [5, 5.41) is 14.7. The maximum Gasteiger partial charge on any atom is 0.329 e. The number of hydrogen-bond acceptors (Lipinski definition) is 4. The van der Waals surface area contributed by atoms with Gasteiger partial charge in [-0.1, -0.05) is 12.1 Å². The van der Waals surface area contributed by atoms with Crippen LogP contribution in [0.5, 0.6) is 5.75 Å². The number of carbonyl (C=O) groups is 2. The Hall–Kier alpha value is -3.03. The fraction of sp³-hybridized carbons (Fsp3) is 0.353. The summed E-state index contributed by atoms with van der Waals surface area (Å²) in [6.07, 6.45) is 3.96. The van der Waals surface area contributed by atoms with Crippen LogP contribution in [0.1, 0.15) is 18.2 Å². The van der Waals surface area contributed by atoms with Gasteiger partial charge < -0.3 is 25.5 Å². The summed E-state index contributed by atoms with van der Waals surface area (Å²) in [5.41, 5.74) is 0.245. The normalized spacial score (nSPS) is 12.9. The summed E-state index contributed by atoms with van der Waals surface area (Å²) < 4.78 is 5.08. The van der Waals surface area contributed by atoms with E-state index in [0.717, 1.165) is 11.3 Å². The number of benzene rings is 1. The third-order valence-electron chi connectivity index (χ3n) is 3.81. The summed E-state index contributed by atoms with van der Waals surface area (Å²) in [6.45, 7) is 1.85. The topological polar surface area (TPSA) is 116 Å². The molecule has 2 rings (SSSR count). The summed E-state index contributed by atoms with van der Waals surface area (Å²) in [7, 11) is 1.56. The lowest BCUT2D eigenvalue weighted by Gasteiger charge is -2.26. The van der Waals surface area contributed by atoms with Crippen LogP contribution in [-0.4, -0.2) is 46.3 Å². The zero-order valence-electron chi connectivity index (χ0n) is 14.2. The van der Waals surface area contributed by atoms with Crippen molar-refractivity contribution in [2.24, 2.45) is 0 Å². The summed E-state index contributed by atoms with van der Waals surface area (Å²) in [4.78, 5) is 30.5. The molecule has 134 valence electrons. The second-order valence-corrected chi connectivity index (χ2v) is 5.87. The molecule has 0 aliphatic heterocycles.